The molecule has 0 saturated heterocycles. The van der Waals surface area contributed by atoms with Crippen LogP contribution >= 0.6 is 0 Å². The number of nitrogens with one attached hydrogen (secondary N) is 3. The Hall–Kier alpha value is -3.19. The number of nitrogens with two attached hydrogens (primary N) is 1. The first kappa shape index (κ1) is 14.7. The van der Waals surface area contributed by atoms with Crippen molar-refractivity contribution in [3.8, 4) is 0 Å². The molecule has 3 rings (SSSR count). The molecule has 0 aliphatic carbocycles. The lowest BCUT2D eigenvalue weighted by Crippen LogP contribution is -2.14. The average molecular weight is 307 g/mol. The maximum absolute atomic E-state index is 5.43. The van der Waals surface area contributed by atoms with Crippen molar-refractivity contribution < 1.29 is 0 Å². The fourth-order valence-corrected chi connectivity index (χ4v) is 2.00. The zero-order valence-corrected chi connectivity index (χ0v) is 12.4. The Morgan fingerprint density at radius 2 is 1.35 bits per heavy atom. The molecule has 0 fully saturated rings. The van der Waals surface area contributed by atoms with Crippen LogP contribution in [-0.4, -0.2) is 15.0 Å². The highest BCUT2D eigenvalue weighted by Crippen LogP contribution is 2.15. The highest BCUT2D eigenvalue weighted by Gasteiger charge is 2.06. The van der Waals surface area contributed by atoms with E-state index in [1.807, 2.05) is 60.7 Å². The summed E-state index contributed by atoms with van der Waals surface area (Å²) in [4.78, 5) is 12.7. The standard InChI is InChI=1S/C16H17N7/c17-23-16-21-14(18-11-12-7-3-1-4-8-12)20-15(22-16)19-13-9-5-2-6-10-13/h1-10H,11,17H2,(H3,18,19,20,21,22,23). The van der Waals surface area contributed by atoms with Gasteiger partial charge in [0.2, 0.25) is 17.8 Å². The van der Waals surface area contributed by atoms with Gasteiger partial charge in [-0.15, -0.1) is 0 Å². The van der Waals surface area contributed by atoms with Crippen molar-refractivity contribution >= 4 is 23.5 Å². The Labute approximate surface area is 134 Å². The zero-order chi connectivity index (χ0) is 15.9. The van der Waals surface area contributed by atoms with E-state index in [-0.39, 0.29) is 5.95 Å². The van der Waals surface area contributed by atoms with Gasteiger partial charge in [-0.1, -0.05) is 48.5 Å². The van der Waals surface area contributed by atoms with E-state index < -0.39 is 0 Å². The summed E-state index contributed by atoms with van der Waals surface area (Å²) in [6.07, 6.45) is 0. The molecule has 0 atom stereocenters. The van der Waals surface area contributed by atoms with Crippen LogP contribution in [-0.2, 0) is 6.54 Å². The summed E-state index contributed by atoms with van der Waals surface area (Å²) in [6, 6.07) is 19.7. The SMILES string of the molecule is NNc1nc(NCc2ccccc2)nc(Nc2ccccc2)n1. The number of anilines is 4. The maximum atomic E-state index is 5.43. The van der Waals surface area contributed by atoms with E-state index in [4.69, 9.17) is 5.84 Å². The number of hydrazine groups is 1. The zero-order valence-electron chi connectivity index (χ0n) is 12.4. The van der Waals surface area contributed by atoms with Crippen LogP contribution in [0.3, 0.4) is 0 Å². The van der Waals surface area contributed by atoms with E-state index in [0.29, 0.717) is 18.4 Å². The highest BCUT2D eigenvalue weighted by atomic mass is 15.3. The third-order valence-corrected chi connectivity index (χ3v) is 3.09. The molecule has 2 aromatic carbocycles. The fourth-order valence-electron chi connectivity index (χ4n) is 2.00. The lowest BCUT2D eigenvalue weighted by molar-refractivity contribution is 0.999. The van der Waals surface area contributed by atoms with E-state index in [9.17, 15) is 0 Å². The molecule has 0 aliphatic rings. The summed E-state index contributed by atoms with van der Waals surface area (Å²) in [5.74, 6) is 6.57. The molecule has 0 unspecified atom stereocenters. The predicted molar refractivity (Wildman–Crippen MR) is 91.1 cm³/mol. The Balaban J connectivity index is 1.76. The summed E-state index contributed by atoms with van der Waals surface area (Å²) >= 11 is 0. The number of hydrogen-bond acceptors (Lipinski definition) is 7. The van der Waals surface area contributed by atoms with Crippen LogP contribution in [0.25, 0.3) is 0 Å². The van der Waals surface area contributed by atoms with Gasteiger partial charge in [0, 0.05) is 12.2 Å². The van der Waals surface area contributed by atoms with Gasteiger partial charge in [0.1, 0.15) is 0 Å². The predicted octanol–water partition coefficient (Wildman–Crippen LogP) is 2.51. The third-order valence-electron chi connectivity index (χ3n) is 3.09. The number of nitrogen functional groups attached to an aromatic ring is 1. The number of nitrogens with zero attached hydrogens (tertiary/aromatic N) is 3. The van der Waals surface area contributed by atoms with E-state index >= 15 is 0 Å². The second-order valence-corrected chi connectivity index (χ2v) is 4.78. The largest absolute Gasteiger partial charge is 0.350 e. The summed E-state index contributed by atoms with van der Waals surface area (Å²) < 4.78 is 0. The molecule has 0 radical (unpaired) electrons. The van der Waals surface area contributed by atoms with Gasteiger partial charge in [-0.2, -0.15) is 15.0 Å². The Bertz CT molecular complexity index is 747. The van der Waals surface area contributed by atoms with Gasteiger partial charge >= 0.3 is 0 Å². The van der Waals surface area contributed by atoms with Crippen molar-refractivity contribution in [3.05, 3.63) is 66.2 Å². The molecule has 7 nitrogen and oxygen atoms in total. The number of para-hydroxylation sites is 1. The monoisotopic (exact) mass is 307 g/mol. The molecule has 1 heterocycles. The molecular formula is C16H17N7. The summed E-state index contributed by atoms with van der Waals surface area (Å²) in [5.41, 5.74) is 4.47. The number of hydrogen-bond donors (Lipinski definition) is 4. The molecule has 0 aliphatic heterocycles. The Kier molecular flexibility index (Phi) is 4.61. The lowest BCUT2D eigenvalue weighted by Gasteiger charge is -2.10. The molecule has 5 N–H and O–H groups in total. The van der Waals surface area contributed by atoms with Gasteiger partial charge in [0.25, 0.3) is 0 Å². The first-order valence-corrected chi connectivity index (χ1v) is 7.16. The minimum absolute atomic E-state index is 0.286. The van der Waals surface area contributed by atoms with Gasteiger partial charge in [-0.05, 0) is 17.7 Å². The first-order chi connectivity index (χ1) is 11.3. The van der Waals surface area contributed by atoms with Gasteiger partial charge in [0.15, 0.2) is 0 Å². The molecule has 116 valence electrons. The minimum atomic E-state index is 0.286. The van der Waals surface area contributed by atoms with Crippen LogP contribution < -0.4 is 21.9 Å². The first-order valence-electron chi connectivity index (χ1n) is 7.16. The molecule has 3 aromatic rings. The van der Waals surface area contributed by atoms with Crippen molar-refractivity contribution in [3.63, 3.8) is 0 Å². The molecule has 0 spiro atoms. The lowest BCUT2D eigenvalue weighted by atomic mass is 10.2. The van der Waals surface area contributed by atoms with E-state index in [1.54, 1.807) is 0 Å². The Morgan fingerprint density at radius 1 is 0.739 bits per heavy atom. The summed E-state index contributed by atoms with van der Waals surface area (Å²) in [5, 5.41) is 6.28. The van der Waals surface area contributed by atoms with Crippen molar-refractivity contribution in [2.45, 2.75) is 6.54 Å². The van der Waals surface area contributed by atoms with E-state index in [0.717, 1.165) is 11.3 Å². The van der Waals surface area contributed by atoms with Crippen molar-refractivity contribution in [2.24, 2.45) is 5.84 Å². The summed E-state index contributed by atoms with van der Waals surface area (Å²) in [7, 11) is 0. The van der Waals surface area contributed by atoms with E-state index in [1.165, 1.54) is 0 Å². The third kappa shape index (κ3) is 4.14. The van der Waals surface area contributed by atoms with Crippen LogP contribution in [0.4, 0.5) is 23.5 Å². The fraction of sp³-hybridized carbons (Fsp3) is 0.0625. The number of rotatable bonds is 6. The topological polar surface area (TPSA) is 101 Å². The number of benzene rings is 2. The van der Waals surface area contributed by atoms with Gasteiger partial charge in [-0.3, -0.25) is 5.43 Å². The molecular weight excluding hydrogens is 290 g/mol. The van der Waals surface area contributed by atoms with Gasteiger partial charge < -0.3 is 10.6 Å². The van der Waals surface area contributed by atoms with Crippen LogP contribution in [0.2, 0.25) is 0 Å². The number of aromatic nitrogens is 3. The molecule has 7 heteroatoms. The normalized spacial score (nSPS) is 10.1. The molecule has 0 bridgehead atoms. The quantitative estimate of drug-likeness (QED) is 0.410. The van der Waals surface area contributed by atoms with Gasteiger partial charge in [0.05, 0.1) is 0 Å². The van der Waals surface area contributed by atoms with Crippen molar-refractivity contribution in [1.29, 1.82) is 0 Å². The second-order valence-electron chi connectivity index (χ2n) is 4.78. The Morgan fingerprint density at radius 3 is 2.04 bits per heavy atom. The van der Waals surface area contributed by atoms with Gasteiger partial charge in [-0.25, -0.2) is 5.84 Å². The highest BCUT2D eigenvalue weighted by molar-refractivity contribution is 5.55. The minimum Gasteiger partial charge on any atom is -0.350 e. The van der Waals surface area contributed by atoms with E-state index in [2.05, 4.69) is 31.0 Å². The average Bonchev–Trinajstić information content (AvgIpc) is 2.61. The molecule has 1 aromatic heterocycles. The summed E-state index contributed by atoms with van der Waals surface area (Å²) in [6.45, 7) is 0.611. The van der Waals surface area contributed by atoms with Crippen LogP contribution in [0.15, 0.2) is 60.7 Å². The van der Waals surface area contributed by atoms with Crippen LogP contribution in [0, 0.1) is 0 Å². The van der Waals surface area contributed by atoms with Crippen molar-refractivity contribution in [2.75, 3.05) is 16.1 Å². The van der Waals surface area contributed by atoms with Crippen LogP contribution in [0.1, 0.15) is 5.56 Å². The second kappa shape index (κ2) is 7.19. The molecule has 23 heavy (non-hydrogen) atoms. The van der Waals surface area contributed by atoms with Crippen molar-refractivity contribution in [1.82, 2.24) is 15.0 Å². The van der Waals surface area contributed by atoms with Crippen LogP contribution in [0.5, 0.6) is 0 Å². The maximum Gasteiger partial charge on any atom is 0.243 e. The molecule has 0 saturated carbocycles. The smallest absolute Gasteiger partial charge is 0.243 e. The molecule has 0 amide bonds.